The van der Waals surface area contributed by atoms with Crippen molar-refractivity contribution in [3.63, 3.8) is 0 Å². The van der Waals surface area contributed by atoms with Crippen LogP contribution in [-0.4, -0.2) is 18.9 Å². The van der Waals surface area contributed by atoms with E-state index in [1.165, 1.54) is 0 Å². The summed E-state index contributed by atoms with van der Waals surface area (Å²) < 4.78 is 0. The molecule has 0 spiro atoms. The van der Waals surface area contributed by atoms with E-state index in [-0.39, 0.29) is 0 Å². The first-order chi connectivity index (χ1) is 5.75. The minimum Gasteiger partial charge on any atom is -0.316 e. The normalized spacial score (nSPS) is 30.2. The van der Waals surface area contributed by atoms with Crippen LogP contribution >= 0.6 is 0 Å². The zero-order chi connectivity index (χ0) is 8.97. The second-order valence-electron chi connectivity index (χ2n) is 3.79. The number of piperidine rings is 1. The molecule has 0 amide bonds. The van der Waals surface area contributed by atoms with Gasteiger partial charge in [0, 0.05) is 12.3 Å². The van der Waals surface area contributed by atoms with Crippen molar-refractivity contribution in [1.29, 1.82) is 0 Å². The van der Waals surface area contributed by atoms with Crippen LogP contribution in [0.15, 0.2) is 0 Å². The van der Waals surface area contributed by atoms with E-state index < -0.39 is 0 Å². The molecule has 1 N–H and O–H groups in total. The fourth-order valence-corrected chi connectivity index (χ4v) is 1.92. The SMILES string of the molecule is CCCC(=O)C1CCNCC1C. The van der Waals surface area contributed by atoms with Crippen molar-refractivity contribution in [1.82, 2.24) is 5.32 Å². The van der Waals surface area contributed by atoms with Crippen molar-refractivity contribution >= 4 is 5.78 Å². The fourth-order valence-electron chi connectivity index (χ4n) is 1.92. The topological polar surface area (TPSA) is 29.1 Å². The highest BCUT2D eigenvalue weighted by atomic mass is 16.1. The highest BCUT2D eigenvalue weighted by Gasteiger charge is 2.26. The quantitative estimate of drug-likeness (QED) is 0.695. The molecule has 1 aliphatic heterocycles. The van der Waals surface area contributed by atoms with Crippen LogP contribution in [0.3, 0.4) is 0 Å². The summed E-state index contributed by atoms with van der Waals surface area (Å²) in [6, 6.07) is 0. The van der Waals surface area contributed by atoms with E-state index in [1.807, 2.05) is 0 Å². The zero-order valence-electron chi connectivity index (χ0n) is 8.10. The number of carbonyl (C=O) groups is 1. The lowest BCUT2D eigenvalue weighted by Gasteiger charge is -2.28. The van der Waals surface area contributed by atoms with Crippen molar-refractivity contribution in [2.75, 3.05) is 13.1 Å². The minimum absolute atomic E-state index is 0.339. The first-order valence-corrected chi connectivity index (χ1v) is 4.99. The van der Waals surface area contributed by atoms with Gasteiger partial charge in [-0.15, -0.1) is 0 Å². The van der Waals surface area contributed by atoms with Gasteiger partial charge in [-0.25, -0.2) is 0 Å². The molecule has 1 fully saturated rings. The molecule has 1 aliphatic rings. The summed E-state index contributed by atoms with van der Waals surface area (Å²) in [6.45, 7) is 6.28. The first-order valence-electron chi connectivity index (χ1n) is 4.99. The van der Waals surface area contributed by atoms with Crippen molar-refractivity contribution in [3.8, 4) is 0 Å². The maximum absolute atomic E-state index is 11.6. The molecule has 12 heavy (non-hydrogen) atoms. The fraction of sp³-hybridized carbons (Fsp3) is 0.900. The Balaban J connectivity index is 2.42. The van der Waals surface area contributed by atoms with Gasteiger partial charge in [-0.3, -0.25) is 4.79 Å². The largest absolute Gasteiger partial charge is 0.316 e. The molecule has 0 bridgehead atoms. The molecule has 2 heteroatoms. The highest BCUT2D eigenvalue weighted by molar-refractivity contribution is 5.81. The van der Waals surface area contributed by atoms with Crippen LogP contribution in [0.25, 0.3) is 0 Å². The molecule has 2 unspecified atom stereocenters. The van der Waals surface area contributed by atoms with E-state index in [0.29, 0.717) is 17.6 Å². The van der Waals surface area contributed by atoms with Crippen LogP contribution in [0, 0.1) is 11.8 Å². The molecule has 70 valence electrons. The summed E-state index contributed by atoms with van der Waals surface area (Å²) in [6.07, 6.45) is 2.81. The molecule has 1 saturated heterocycles. The molecule has 2 atom stereocenters. The monoisotopic (exact) mass is 169 g/mol. The van der Waals surface area contributed by atoms with Crippen LogP contribution in [0.2, 0.25) is 0 Å². The summed E-state index contributed by atoms with van der Waals surface area (Å²) in [7, 11) is 0. The van der Waals surface area contributed by atoms with Gasteiger partial charge in [0.05, 0.1) is 0 Å². The van der Waals surface area contributed by atoms with Crippen molar-refractivity contribution in [2.45, 2.75) is 33.1 Å². The summed E-state index contributed by atoms with van der Waals surface area (Å²) in [5.41, 5.74) is 0. The molecular weight excluding hydrogens is 150 g/mol. The molecule has 1 heterocycles. The lowest BCUT2D eigenvalue weighted by molar-refractivity contribution is -0.125. The van der Waals surface area contributed by atoms with E-state index in [0.717, 1.165) is 32.4 Å². The average molecular weight is 169 g/mol. The summed E-state index contributed by atoms with van der Waals surface area (Å²) in [4.78, 5) is 11.6. The predicted octanol–water partition coefficient (Wildman–Crippen LogP) is 1.60. The van der Waals surface area contributed by atoms with Crippen molar-refractivity contribution in [2.24, 2.45) is 11.8 Å². The van der Waals surface area contributed by atoms with Crippen LogP contribution in [0.4, 0.5) is 0 Å². The summed E-state index contributed by atoms with van der Waals surface area (Å²) in [5, 5.41) is 3.31. The standard InChI is InChI=1S/C10H19NO/c1-3-4-10(12)9-5-6-11-7-8(9)2/h8-9,11H,3-7H2,1-2H3. The maximum atomic E-state index is 11.6. The number of nitrogens with one attached hydrogen (secondary N) is 1. The molecule has 0 aliphatic carbocycles. The Hall–Kier alpha value is -0.370. The van der Waals surface area contributed by atoms with E-state index >= 15 is 0 Å². The molecular formula is C10H19NO. The molecule has 0 aromatic carbocycles. The third kappa shape index (κ3) is 2.31. The molecule has 0 radical (unpaired) electrons. The number of rotatable bonds is 3. The number of ketones is 1. The Morgan fingerprint density at radius 1 is 1.58 bits per heavy atom. The Kier molecular flexibility index (Phi) is 3.73. The maximum Gasteiger partial charge on any atom is 0.136 e. The van der Waals surface area contributed by atoms with E-state index in [1.54, 1.807) is 0 Å². The van der Waals surface area contributed by atoms with Crippen molar-refractivity contribution < 1.29 is 4.79 Å². The average Bonchev–Trinajstić information content (AvgIpc) is 2.05. The van der Waals surface area contributed by atoms with Crippen LogP contribution in [0.1, 0.15) is 33.1 Å². The third-order valence-electron chi connectivity index (χ3n) is 2.70. The lowest BCUT2D eigenvalue weighted by atomic mass is 9.83. The Bertz CT molecular complexity index is 156. The van der Waals surface area contributed by atoms with Gasteiger partial charge in [0.1, 0.15) is 5.78 Å². The Morgan fingerprint density at radius 2 is 2.33 bits per heavy atom. The van der Waals surface area contributed by atoms with E-state index in [9.17, 15) is 4.79 Å². The van der Waals surface area contributed by atoms with Gasteiger partial charge in [0.25, 0.3) is 0 Å². The van der Waals surface area contributed by atoms with Gasteiger partial charge >= 0.3 is 0 Å². The van der Waals surface area contributed by atoms with E-state index in [4.69, 9.17) is 0 Å². The van der Waals surface area contributed by atoms with Crippen LogP contribution in [0.5, 0.6) is 0 Å². The van der Waals surface area contributed by atoms with Gasteiger partial charge < -0.3 is 5.32 Å². The number of hydrogen-bond donors (Lipinski definition) is 1. The zero-order valence-corrected chi connectivity index (χ0v) is 8.10. The highest BCUT2D eigenvalue weighted by Crippen LogP contribution is 2.21. The first kappa shape index (κ1) is 9.72. The van der Waals surface area contributed by atoms with Crippen LogP contribution < -0.4 is 5.32 Å². The predicted molar refractivity (Wildman–Crippen MR) is 50.1 cm³/mol. The minimum atomic E-state index is 0.339. The van der Waals surface area contributed by atoms with Crippen molar-refractivity contribution in [3.05, 3.63) is 0 Å². The molecule has 1 rings (SSSR count). The summed E-state index contributed by atoms with van der Waals surface area (Å²) in [5.74, 6) is 1.36. The number of Topliss-reactive ketones (excluding diaryl/α,β-unsaturated/α-hetero) is 1. The van der Waals surface area contributed by atoms with Crippen LogP contribution in [-0.2, 0) is 4.79 Å². The second kappa shape index (κ2) is 4.61. The molecule has 0 aromatic rings. The molecule has 2 nitrogen and oxygen atoms in total. The molecule has 0 aromatic heterocycles. The lowest BCUT2D eigenvalue weighted by Crippen LogP contribution is -2.38. The smallest absolute Gasteiger partial charge is 0.136 e. The Morgan fingerprint density at radius 3 is 2.92 bits per heavy atom. The van der Waals surface area contributed by atoms with E-state index in [2.05, 4.69) is 19.2 Å². The summed E-state index contributed by atoms with van der Waals surface area (Å²) >= 11 is 0. The van der Waals surface area contributed by atoms with Gasteiger partial charge in [0.2, 0.25) is 0 Å². The number of hydrogen-bond acceptors (Lipinski definition) is 2. The number of carbonyl (C=O) groups excluding carboxylic acids is 1. The second-order valence-corrected chi connectivity index (χ2v) is 3.79. The van der Waals surface area contributed by atoms with Gasteiger partial charge in [-0.05, 0) is 31.8 Å². The van der Waals surface area contributed by atoms with Gasteiger partial charge in [-0.1, -0.05) is 13.8 Å². The third-order valence-corrected chi connectivity index (χ3v) is 2.70. The Labute approximate surface area is 74.7 Å². The van der Waals surface area contributed by atoms with Gasteiger partial charge in [-0.2, -0.15) is 0 Å². The molecule has 0 saturated carbocycles. The van der Waals surface area contributed by atoms with Gasteiger partial charge in [0.15, 0.2) is 0 Å².